The van der Waals surface area contributed by atoms with E-state index in [0.717, 1.165) is 12.5 Å². The van der Waals surface area contributed by atoms with Gasteiger partial charge in [0.25, 0.3) is 0 Å². The number of hydrogen-bond acceptors (Lipinski definition) is 3. The normalized spacial score (nSPS) is 19.2. The third-order valence-electron chi connectivity index (χ3n) is 4.03. The van der Waals surface area contributed by atoms with Gasteiger partial charge in [-0.05, 0) is 25.0 Å². The van der Waals surface area contributed by atoms with Crippen molar-refractivity contribution in [2.75, 3.05) is 44.6 Å². The zero-order valence-corrected chi connectivity index (χ0v) is 13.2. The van der Waals surface area contributed by atoms with Crippen LogP contribution in [0.3, 0.4) is 0 Å². The van der Waals surface area contributed by atoms with E-state index >= 15 is 0 Å². The zero-order chi connectivity index (χ0) is 14.4. The maximum atomic E-state index is 3.53. The molecule has 1 unspecified atom stereocenters. The average Bonchev–Trinajstić information content (AvgIpc) is 2.46. The summed E-state index contributed by atoms with van der Waals surface area (Å²) >= 11 is 0. The van der Waals surface area contributed by atoms with Crippen molar-refractivity contribution in [3.63, 3.8) is 0 Å². The Morgan fingerprint density at radius 2 is 1.65 bits per heavy atom. The van der Waals surface area contributed by atoms with Crippen LogP contribution < -0.4 is 5.32 Å². The minimum Gasteiger partial charge on any atom is -0.383 e. The summed E-state index contributed by atoms with van der Waals surface area (Å²) in [6.45, 7) is 14.0. The molecule has 0 bridgehead atoms. The van der Waals surface area contributed by atoms with Crippen molar-refractivity contribution < 1.29 is 0 Å². The van der Waals surface area contributed by atoms with Gasteiger partial charge in [-0.2, -0.15) is 0 Å². The number of anilines is 1. The van der Waals surface area contributed by atoms with Gasteiger partial charge in [-0.15, -0.1) is 0 Å². The molecule has 0 radical (unpaired) electrons. The van der Waals surface area contributed by atoms with Crippen molar-refractivity contribution in [2.24, 2.45) is 5.92 Å². The van der Waals surface area contributed by atoms with Crippen molar-refractivity contribution in [1.29, 1.82) is 0 Å². The van der Waals surface area contributed by atoms with Crippen LogP contribution in [0.1, 0.15) is 20.8 Å². The number of rotatable bonds is 6. The van der Waals surface area contributed by atoms with Crippen LogP contribution in [0.2, 0.25) is 0 Å². The molecule has 1 fully saturated rings. The Balaban J connectivity index is 1.70. The summed E-state index contributed by atoms with van der Waals surface area (Å²) in [6.07, 6.45) is 0. The van der Waals surface area contributed by atoms with Crippen LogP contribution in [0.15, 0.2) is 30.3 Å². The molecular weight excluding hydrogens is 246 g/mol. The number of piperazine rings is 1. The van der Waals surface area contributed by atoms with Crippen molar-refractivity contribution in [3.8, 4) is 0 Å². The predicted octanol–water partition coefficient (Wildman–Crippen LogP) is 2.76. The van der Waals surface area contributed by atoms with Crippen molar-refractivity contribution in [3.05, 3.63) is 30.3 Å². The second-order valence-corrected chi connectivity index (χ2v) is 6.33. The van der Waals surface area contributed by atoms with Gasteiger partial charge >= 0.3 is 0 Å². The van der Waals surface area contributed by atoms with Gasteiger partial charge in [0, 0.05) is 51.0 Å². The summed E-state index contributed by atoms with van der Waals surface area (Å²) in [5.74, 6) is 0.777. The SMILES string of the molecule is CC(C)CN1CCN(C(C)CNc2ccccc2)CC1. The molecule has 112 valence electrons. The highest BCUT2D eigenvalue weighted by Crippen LogP contribution is 2.10. The largest absolute Gasteiger partial charge is 0.383 e. The standard InChI is InChI=1S/C17H29N3/c1-15(2)14-19-9-11-20(12-10-19)16(3)13-18-17-7-5-4-6-8-17/h4-8,15-16,18H,9-14H2,1-3H3. The second-order valence-electron chi connectivity index (χ2n) is 6.33. The molecule has 3 heteroatoms. The molecule has 20 heavy (non-hydrogen) atoms. The molecule has 0 aliphatic carbocycles. The molecular formula is C17H29N3. The Morgan fingerprint density at radius 1 is 1.00 bits per heavy atom. The van der Waals surface area contributed by atoms with Crippen LogP contribution >= 0.6 is 0 Å². The summed E-state index contributed by atoms with van der Waals surface area (Å²) in [7, 11) is 0. The van der Waals surface area contributed by atoms with Gasteiger partial charge in [-0.1, -0.05) is 32.0 Å². The van der Waals surface area contributed by atoms with E-state index in [1.165, 1.54) is 38.4 Å². The van der Waals surface area contributed by atoms with Crippen molar-refractivity contribution in [1.82, 2.24) is 9.80 Å². The van der Waals surface area contributed by atoms with Crippen molar-refractivity contribution >= 4 is 5.69 Å². The highest BCUT2D eigenvalue weighted by Gasteiger charge is 2.21. The van der Waals surface area contributed by atoms with Gasteiger partial charge in [0.2, 0.25) is 0 Å². The molecule has 2 rings (SSSR count). The summed E-state index contributed by atoms with van der Waals surface area (Å²) in [5.41, 5.74) is 1.22. The molecule has 1 aromatic rings. The molecule has 1 saturated heterocycles. The summed E-state index contributed by atoms with van der Waals surface area (Å²) in [4.78, 5) is 5.20. The van der Waals surface area contributed by atoms with Crippen molar-refractivity contribution in [2.45, 2.75) is 26.8 Å². The smallest absolute Gasteiger partial charge is 0.0340 e. The fourth-order valence-electron chi connectivity index (χ4n) is 2.85. The Bertz CT molecular complexity index is 369. The molecule has 0 aromatic heterocycles. The average molecular weight is 275 g/mol. The monoisotopic (exact) mass is 275 g/mol. The van der Waals surface area contributed by atoms with Crippen LogP contribution in [0, 0.1) is 5.92 Å². The Kier molecular flexibility index (Phi) is 5.86. The van der Waals surface area contributed by atoms with Crippen LogP contribution in [0.25, 0.3) is 0 Å². The van der Waals surface area contributed by atoms with E-state index in [1.807, 2.05) is 0 Å². The van der Waals surface area contributed by atoms with Crippen LogP contribution in [0.4, 0.5) is 5.69 Å². The minimum absolute atomic E-state index is 0.594. The fourth-order valence-corrected chi connectivity index (χ4v) is 2.85. The first-order valence-electron chi connectivity index (χ1n) is 7.90. The molecule has 0 saturated carbocycles. The maximum Gasteiger partial charge on any atom is 0.0340 e. The summed E-state index contributed by atoms with van der Waals surface area (Å²) in [6, 6.07) is 11.1. The number of nitrogens with one attached hydrogen (secondary N) is 1. The van der Waals surface area contributed by atoms with E-state index in [1.54, 1.807) is 0 Å². The van der Waals surface area contributed by atoms with Crippen LogP contribution in [-0.2, 0) is 0 Å². The first-order chi connectivity index (χ1) is 9.65. The number of para-hydroxylation sites is 1. The van der Waals surface area contributed by atoms with Crippen LogP contribution in [-0.4, -0.2) is 55.1 Å². The zero-order valence-electron chi connectivity index (χ0n) is 13.2. The molecule has 3 nitrogen and oxygen atoms in total. The lowest BCUT2D eigenvalue weighted by Crippen LogP contribution is -2.51. The second kappa shape index (κ2) is 7.65. The van der Waals surface area contributed by atoms with Gasteiger partial charge in [-0.25, -0.2) is 0 Å². The number of benzene rings is 1. The van der Waals surface area contributed by atoms with E-state index in [2.05, 4.69) is 66.2 Å². The van der Waals surface area contributed by atoms with Gasteiger partial charge in [0.15, 0.2) is 0 Å². The van der Waals surface area contributed by atoms with Gasteiger partial charge < -0.3 is 10.2 Å². The third-order valence-corrected chi connectivity index (χ3v) is 4.03. The van der Waals surface area contributed by atoms with Gasteiger partial charge in [-0.3, -0.25) is 4.90 Å². The van der Waals surface area contributed by atoms with E-state index in [0.29, 0.717) is 6.04 Å². The topological polar surface area (TPSA) is 18.5 Å². The minimum atomic E-state index is 0.594. The van der Waals surface area contributed by atoms with E-state index in [-0.39, 0.29) is 0 Å². The first kappa shape index (κ1) is 15.3. The molecule has 1 aromatic carbocycles. The van der Waals surface area contributed by atoms with Gasteiger partial charge in [0.05, 0.1) is 0 Å². The predicted molar refractivity (Wildman–Crippen MR) is 87.2 cm³/mol. The van der Waals surface area contributed by atoms with E-state index in [9.17, 15) is 0 Å². The lowest BCUT2D eigenvalue weighted by molar-refractivity contribution is 0.0986. The molecule has 1 aliphatic rings. The fraction of sp³-hybridized carbons (Fsp3) is 0.647. The molecule has 0 spiro atoms. The molecule has 0 amide bonds. The lowest BCUT2D eigenvalue weighted by atomic mass is 10.1. The molecule has 1 N–H and O–H groups in total. The molecule has 1 atom stereocenters. The molecule has 1 heterocycles. The number of nitrogens with zero attached hydrogens (tertiary/aromatic N) is 2. The summed E-state index contributed by atoms with van der Waals surface area (Å²) < 4.78 is 0. The van der Waals surface area contributed by atoms with Crippen LogP contribution in [0.5, 0.6) is 0 Å². The molecule has 1 aliphatic heterocycles. The quantitative estimate of drug-likeness (QED) is 0.861. The maximum absolute atomic E-state index is 3.53. The first-order valence-corrected chi connectivity index (χ1v) is 7.90. The Morgan fingerprint density at radius 3 is 2.25 bits per heavy atom. The number of hydrogen-bond donors (Lipinski definition) is 1. The Hall–Kier alpha value is -1.06. The lowest BCUT2D eigenvalue weighted by Gasteiger charge is -2.38. The summed E-state index contributed by atoms with van der Waals surface area (Å²) in [5, 5.41) is 3.53. The van der Waals surface area contributed by atoms with E-state index in [4.69, 9.17) is 0 Å². The van der Waals surface area contributed by atoms with Gasteiger partial charge in [0.1, 0.15) is 0 Å². The highest BCUT2D eigenvalue weighted by atomic mass is 15.3. The highest BCUT2D eigenvalue weighted by molar-refractivity contribution is 5.42. The van der Waals surface area contributed by atoms with E-state index < -0.39 is 0 Å². The third kappa shape index (κ3) is 4.80. The Labute approximate surface area is 124 Å².